The summed E-state index contributed by atoms with van der Waals surface area (Å²) in [7, 11) is 1.65. The number of para-hydroxylation sites is 1. The Hall–Kier alpha value is -2.84. The highest BCUT2D eigenvalue weighted by atomic mass is 32.1. The number of nitrogens with zero attached hydrogens (tertiary/aromatic N) is 1. The van der Waals surface area contributed by atoms with Crippen molar-refractivity contribution in [1.29, 1.82) is 0 Å². The third-order valence-corrected chi connectivity index (χ3v) is 5.37. The molecule has 0 saturated carbocycles. The van der Waals surface area contributed by atoms with E-state index >= 15 is 0 Å². The molecule has 154 valence electrons. The van der Waals surface area contributed by atoms with E-state index in [1.54, 1.807) is 25.4 Å². The number of thiophene rings is 1. The maximum atomic E-state index is 12.4. The summed E-state index contributed by atoms with van der Waals surface area (Å²) in [6.07, 6.45) is 0. The molecule has 2 N–H and O–H groups in total. The smallest absolute Gasteiger partial charge is 0.337 e. The maximum Gasteiger partial charge on any atom is 0.337 e. The molecule has 1 aliphatic rings. The fourth-order valence-electron chi connectivity index (χ4n) is 3.17. The van der Waals surface area contributed by atoms with Crippen molar-refractivity contribution in [3.8, 4) is 5.75 Å². The molecule has 0 aliphatic carbocycles. The zero-order chi connectivity index (χ0) is 20.6. The van der Waals surface area contributed by atoms with Gasteiger partial charge in [0.05, 0.1) is 25.8 Å². The molecule has 0 fully saturated rings. The van der Waals surface area contributed by atoms with Gasteiger partial charge in [0.1, 0.15) is 5.75 Å². The van der Waals surface area contributed by atoms with E-state index in [2.05, 4.69) is 21.6 Å². The summed E-state index contributed by atoms with van der Waals surface area (Å²) in [5.74, 6) is 0.390. The Morgan fingerprint density at radius 3 is 2.72 bits per heavy atom. The number of esters is 1. The van der Waals surface area contributed by atoms with Crippen LogP contribution >= 0.6 is 11.3 Å². The van der Waals surface area contributed by atoms with Gasteiger partial charge in [-0.05, 0) is 24.4 Å². The minimum Gasteiger partial charge on any atom is -0.496 e. The highest BCUT2D eigenvalue weighted by Gasteiger charge is 2.25. The average molecular weight is 416 g/mol. The molecule has 1 aliphatic heterocycles. The SMILES string of the molecule is CCOC(=O)C1=C(CN(Cc2cccs2)Cc2ccccc2OC)NC(=O)NC1. The lowest BCUT2D eigenvalue weighted by Crippen LogP contribution is -2.46. The van der Waals surface area contributed by atoms with Crippen LogP contribution in [0.2, 0.25) is 0 Å². The van der Waals surface area contributed by atoms with Crippen LogP contribution in [0.1, 0.15) is 17.4 Å². The first-order valence-corrected chi connectivity index (χ1v) is 10.3. The summed E-state index contributed by atoms with van der Waals surface area (Å²) in [5, 5.41) is 7.47. The van der Waals surface area contributed by atoms with Crippen LogP contribution in [0.15, 0.2) is 53.0 Å². The molecular weight excluding hydrogens is 390 g/mol. The van der Waals surface area contributed by atoms with Crippen molar-refractivity contribution < 1.29 is 19.1 Å². The monoisotopic (exact) mass is 415 g/mol. The van der Waals surface area contributed by atoms with Crippen molar-refractivity contribution in [2.75, 3.05) is 26.8 Å². The first-order chi connectivity index (χ1) is 14.1. The highest BCUT2D eigenvalue weighted by Crippen LogP contribution is 2.22. The van der Waals surface area contributed by atoms with Crippen LogP contribution in [0, 0.1) is 0 Å². The van der Waals surface area contributed by atoms with Gasteiger partial charge < -0.3 is 20.1 Å². The van der Waals surface area contributed by atoms with E-state index in [4.69, 9.17) is 9.47 Å². The van der Waals surface area contributed by atoms with Crippen LogP contribution in [0.4, 0.5) is 4.79 Å². The lowest BCUT2D eigenvalue weighted by atomic mass is 10.1. The second-order valence-corrected chi connectivity index (χ2v) is 7.55. The van der Waals surface area contributed by atoms with Crippen molar-refractivity contribution in [2.24, 2.45) is 0 Å². The molecule has 0 atom stereocenters. The lowest BCUT2D eigenvalue weighted by molar-refractivity contribution is -0.138. The molecule has 1 aromatic carbocycles. The molecule has 8 heteroatoms. The summed E-state index contributed by atoms with van der Waals surface area (Å²) in [5.41, 5.74) is 2.05. The number of carbonyl (C=O) groups is 2. The maximum absolute atomic E-state index is 12.4. The van der Waals surface area contributed by atoms with Crippen molar-refractivity contribution >= 4 is 23.3 Å². The number of urea groups is 1. The van der Waals surface area contributed by atoms with Crippen LogP contribution in [0.5, 0.6) is 5.75 Å². The number of nitrogens with one attached hydrogen (secondary N) is 2. The number of hydrogen-bond donors (Lipinski definition) is 2. The van der Waals surface area contributed by atoms with Crippen LogP contribution in [-0.2, 0) is 22.6 Å². The Morgan fingerprint density at radius 1 is 1.17 bits per heavy atom. The molecule has 0 unspecified atom stereocenters. The summed E-state index contributed by atoms with van der Waals surface area (Å²) in [6.45, 7) is 3.88. The highest BCUT2D eigenvalue weighted by molar-refractivity contribution is 7.09. The van der Waals surface area contributed by atoms with E-state index in [9.17, 15) is 9.59 Å². The number of hydrogen-bond acceptors (Lipinski definition) is 6. The van der Waals surface area contributed by atoms with E-state index < -0.39 is 5.97 Å². The second-order valence-electron chi connectivity index (χ2n) is 6.52. The normalized spacial score (nSPS) is 13.8. The first kappa shape index (κ1) is 20.9. The molecule has 3 rings (SSSR count). The quantitative estimate of drug-likeness (QED) is 0.616. The predicted molar refractivity (Wildman–Crippen MR) is 112 cm³/mol. The molecular formula is C21H25N3O4S. The van der Waals surface area contributed by atoms with E-state index in [0.29, 0.717) is 30.9 Å². The van der Waals surface area contributed by atoms with Crippen LogP contribution in [0.25, 0.3) is 0 Å². The number of amides is 2. The molecule has 29 heavy (non-hydrogen) atoms. The van der Waals surface area contributed by atoms with Crippen LogP contribution in [-0.4, -0.2) is 43.7 Å². The van der Waals surface area contributed by atoms with E-state index in [1.807, 2.05) is 35.7 Å². The molecule has 2 amide bonds. The second kappa shape index (κ2) is 10.1. The Balaban J connectivity index is 1.88. The number of ether oxygens (including phenoxy) is 2. The number of benzene rings is 1. The Morgan fingerprint density at radius 2 is 2.00 bits per heavy atom. The van der Waals surface area contributed by atoms with Gasteiger partial charge in [0.25, 0.3) is 0 Å². The average Bonchev–Trinajstić information content (AvgIpc) is 3.21. The lowest BCUT2D eigenvalue weighted by Gasteiger charge is -2.28. The summed E-state index contributed by atoms with van der Waals surface area (Å²) in [4.78, 5) is 27.6. The zero-order valence-electron chi connectivity index (χ0n) is 16.6. The van der Waals surface area contributed by atoms with Gasteiger partial charge in [-0.3, -0.25) is 4.90 Å². The minimum atomic E-state index is -0.414. The third kappa shape index (κ3) is 5.58. The fourth-order valence-corrected chi connectivity index (χ4v) is 3.92. The number of rotatable bonds is 9. The minimum absolute atomic E-state index is 0.154. The van der Waals surface area contributed by atoms with Gasteiger partial charge in [0.15, 0.2) is 0 Å². The fraction of sp³-hybridized carbons (Fsp3) is 0.333. The van der Waals surface area contributed by atoms with Crippen LogP contribution < -0.4 is 15.4 Å². The number of methoxy groups -OCH3 is 1. The molecule has 1 aromatic heterocycles. The summed E-state index contributed by atoms with van der Waals surface area (Å²) in [6, 6.07) is 11.6. The molecule has 2 aromatic rings. The van der Waals surface area contributed by atoms with Gasteiger partial charge in [0.2, 0.25) is 0 Å². The first-order valence-electron chi connectivity index (χ1n) is 9.41. The van der Waals surface area contributed by atoms with Gasteiger partial charge in [0, 0.05) is 35.8 Å². The Kier molecular flexibility index (Phi) is 7.26. The van der Waals surface area contributed by atoms with Crippen molar-refractivity contribution in [3.05, 3.63) is 63.5 Å². The third-order valence-electron chi connectivity index (χ3n) is 4.50. The molecule has 7 nitrogen and oxygen atoms in total. The Labute approximate surface area is 174 Å². The van der Waals surface area contributed by atoms with Crippen molar-refractivity contribution in [3.63, 3.8) is 0 Å². The molecule has 0 saturated heterocycles. The standard InChI is InChI=1S/C21H25N3O4S/c1-3-28-20(25)17-11-22-21(26)23-18(17)14-24(13-16-8-6-10-29-16)12-15-7-4-5-9-19(15)27-2/h4-10H,3,11-14H2,1-2H3,(H2,22,23,26). The van der Waals surface area contributed by atoms with Gasteiger partial charge in [-0.25, -0.2) is 9.59 Å². The van der Waals surface area contributed by atoms with E-state index in [-0.39, 0.29) is 19.2 Å². The molecule has 0 spiro atoms. The molecule has 0 radical (unpaired) electrons. The Bertz CT molecular complexity index is 880. The van der Waals surface area contributed by atoms with Crippen LogP contribution in [0.3, 0.4) is 0 Å². The zero-order valence-corrected chi connectivity index (χ0v) is 17.4. The van der Waals surface area contributed by atoms with Gasteiger partial charge in [-0.1, -0.05) is 24.3 Å². The summed E-state index contributed by atoms with van der Waals surface area (Å²) < 4.78 is 10.7. The number of carbonyl (C=O) groups excluding carboxylic acids is 2. The van der Waals surface area contributed by atoms with Crippen molar-refractivity contribution in [2.45, 2.75) is 20.0 Å². The van der Waals surface area contributed by atoms with E-state index in [0.717, 1.165) is 11.3 Å². The van der Waals surface area contributed by atoms with Gasteiger partial charge in [-0.2, -0.15) is 0 Å². The van der Waals surface area contributed by atoms with Gasteiger partial charge >= 0.3 is 12.0 Å². The summed E-state index contributed by atoms with van der Waals surface area (Å²) >= 11 is 1.67. The van der Waals surface area contributed by atoms with Gasteiger partial charge in [-0.15, -0.1) is 11.3 Å². The largest absolute Gasteiger partial charge is 0.496 e. The topological polar surface area (TPSA) is 79.9 Å². The molecule has 2 heterocycles. The predicted octanol–water partition coefficient (Wildman–Crippen LogP) is 2.89. The van der Waals surface area contributed by atoms with E-state index in [1.165, 1.54) is 4.88 Å². The molecule has 0 bridgehead atoms. The van der Waals surface area contributed by atoms with Crippen molar-refractivity contribution in [1.82, 2.24) is 15.5 Å².